The smallest absolute Gasteiger partial charge is 0.279 e. The highest BCUT2D eigenvalue weighted by Crippen LogP contribution is 2.18. The molecule has 1 aliphatic rings. The first-order chi connectivity index (χ1) is 8.49. The van der Waals surface area contributed by atoms with Crippen molar-refractivity contribution in [1.82, 2.24) is 9.03 Å². The molecule has 0 spiro atoms. The third-order valence-electron chi connectivity index (χ3n) is 3.13. The van der Waals surface area contributed by atoms with Crippen LogP contribution in [-0.2, 0) is 14.9 Å². The van der Waals surface area contributed by atoms with Crippen LogP contribution in [0.3, 0.4) is 0 Å². The molecule has 1 rings (SSSR count). The quantitative estimate of drug-likeness (QED) is 0.719. The van der Waals surface area contributed by atoms with Gasteiger partial charge in [0, 0.05) is 38.7 Å². The Balaban J connectivity index is 2.56. The molecule has 0 aliphatic carbocycles. The van der Waals surface area contributed by atoms with Gasteiger partial charge in [-0.15, -0.1) is 11.6 Å². The molecule has 5 nitrogen and oxygen atoms in total. The van der Waals surface area contributed by atoms with E-state index in [9.17, 15) is 8.42 Å². The minimum atomic E-state index is -3.41. The van der Waals surface area contributed by atoms with Crippen molar-refractivity contribution in [2.24, 2.45) is 5.92 Å². The zero-order chi connectivity index (χ0) is 13.6. The lowest BCUT2D eigenvalue weighted by Crippen LogP contribution is -2.49. The molecule has 0 aromatic heterocycles. The van der Waals surface area contributed by atoms with Crippen molar-refractivity contribution in [2.75, 3.05) is 32.7 Å². The van der Waals surface area contributed by atoms with Crippen LogP contribution >= 0.6 is 11.6 Å². The van der Waals surface area contributed by atoms with E-state index in [2.05, 4.69) is 11.6 Å². The van der Waals surface area contributed by atoms with E-state index in [1.54, 1.807) is 7.11 Å². The van der Waals surface area contributed by atoms with Gasteiger partial charge in [-0.2, -0.15) is 17.4 Å². The minimum Gasteiger partial charge on any atom is -0.385 e. The Bertz CT molecular complexity index is 337. The maximum absolute atomic E-state index is 12.2. The molecule has 1 fully saturated rings. The van der Waals surface area contributed by atoms with Crippen molar-refractivity contribution in [3.63, 3.8) is 0 Å². The first kappa shape index (κ1) is 16.2. The van der Waals surface area contributed by atoms with E-state index < -0.39 is 10.2 Å². The third-order valence-corrected chi connectivity index (χ3v) is 5.15. The number of hydrogen-bond donors (Lipinski definition) is 1. The summed E-state index contributed by atoms with van der Waals surface area (Å²) in [6.45, 7) is 3.76. The molecule has 2 unspecified atom stereocenters. The Labute approximate surface area is 115 Å². The van der Waals surface area contributed by atoms with E-state index in [0.29, 0.717) is 32.0 Å². The molecule has 1 aliphatic heterocycles. The van der Waals surface area contributed by atoms with Crippen molar-refractivity contribution in [1.29, 1.82) is 0 Å². The van der Waals surface area contributed by atoms with Crippen LogP contribution in [0.2, 0.25) is 0 Å². The van der Waals surface area contributed by atoms with Crippen molar-refractivity contribution in [3.05, 3.63) is 0 Å². The molecule has 0 amide bonds. The summed E-state index contributed by atoms with van der Waals surface area (Å²) in [5, 5.41) is 0. The van der Waals surface area contributed by atoms with E-state index in [-0.39, 0.29) is 11.9 Å². The summed E-state index contributed by atoms with van der Waals surface area (Å²) in [5.41, 5.74) is 0. The van der Waals surface area contributed by atoms with Crippen LogP contribution in [0.1, 0.15) is 26.2 Å². The lowest BCUT2D eigenvalue weighted by atomic mass is 10.0. The molecule has 108 valence electrons. The number of nitrogens with one attached hydrogen (secondary N) is 1. The predicted octanol–water partition coefficient (Wildman–Crippen LogP) is 1.20. The van der Waals surface area contributed by atoms with Gasteiger partial charge in [-0.05, 0) is 25.2 Å². The van der Waals surface area contributed by atoms with Gasteiger partial charge in [0.1, 0.15) is 0 Å². The SMILES string of the molecule is COCCC(CCl)NS(=O)(=O)N1CCCC(C)C1. The Morgan fingerprint density at radius 3 is 2.83 bits per heavy atom. The van der Waals surface area contributed by atoms with Gasteiger partial charge < -0.3 is 4.74 Å². The molecule has 0 aromatic rings. The number of piperidine rings is 1. The number of methoxy groups -OCH3 is 1. The highest BCUT2D eigenvalue weighted by Gasteiger charge is 2.28. The first-order valence-corrected chi connectivity index (χ1v) is 8.29. The van der Waals surface area contributed by atoms with Gasteiger partial charge in [-0.25, -0.2) is 0 Å². The number of rotatable bonds is 7. The lowest BCUT2D eigenvalue weighted by molar-refractivity contribution is 0.187. The molecule has 0 saturated carbocycles. The van der Waals surface area contributed by atoms with Crippen molar-refractivity contribution < 1.29 is 13.2 Å². The summed E-state index contributed by atoms with van der Waals surface area (Å²) >= 11 is 5.78. The summed E-state index contributed by atoms with van der Waals surface area (Å²) in [5.74, 6) is 0.676. The van der Waals surface area contributed by atoms with Crippen molar-refractivity contribution in [3.8, 4) is 0 Å². The van der Waals surface area contributed by atoms with Crippen LogP contribution in [0.4, 0.5) is 0 Å². The van der Waals surface area contributed by atoms with Gasteiger partial charge in [0.25, 0.3) is 10.2 Å². The van der Waals surface area contributed by atoms with E-state index in [1.807, 2.05) is 0 Å². The zero-order valence-electron chi connectivity index (χ0n) is 11.1. The van der Waals surface area contributed by atoms with Gasteiger partial charge in [0.05, 0.1) is 0 Å². The second kappa shape index (κ2) is 7.65. The molecule has 1 heterocycles. The summed E-state index contributed by atoms with van der Waals surface area (Å²) in [7, 11) is -1.83. The Hall–Kier alpha value is 0.120. The minimum absolute atomic E-state index is 0.256. The average Bonchev–Trinajstić information content (AvgIpc) is 2.34. The number of hydrogen-bond acceptors (Lipinski definition) is 3. The Morgan fingerprint density at radius 2 is 2.28 bits per heavy atom. The Morgan fingerprint density at radius 1 is 1.56 bits per heavy atom. The number of halogens is 1. The second-order valence-electron chi connectivity index (χ2n) is 4.86. The van der Waals surface area contributed by atoms with Crippen molar-refractivity contribution in [2.45, 2.75) is 32.2 Å². The Kier molecular flexibility index (Phi) is 6.87. The van der Waals surface area contributed by atoms with E-state index in [4.69, 9.17) is 16.3 Å². The standard InChI is InChI=1S/C11H23ClN2O3S/c1-10-4-3-6-14(9-10)18(15,16)13-11(8-12)5-7-17-2/h10-11,13H,3-9H2,1-2H3. The highest BCUT2D eigenvalue weighted by atomic mass is 35.5. The average molecular weight is 299 g/mol. The van der Waals surface area contributed by atoms with Gasteiger partial charge in [-0.3, -0.25) is 0 Å². The number of alkyl halides is 1. The molecule has 0 radical (unpaired) electrons. The van der Waals surface area contributed by atoms with E-state index >= 15 is 0 Å². The van der Waals surface area contributed by atoms with Crippen LogP contribution in [0, 0.1) is 5.92 Å². The van der Waals surface area contributed by atoms with Crippen LogP contribution in [-0.4, -0.2) is 51.5 Å². The van der Waals surface area contributed by atoms with Gasteiger partial charge in [0.2, 0.25) is 0 Å². The van der Waals surface area contributed by atoms with Crippen LogP contribution in [0.5, 0.6) is 0 Å². The summed E-state index contributed by atoms with van der Waals surface area (Å²) in [4.78, 5) is 0. The summed E-state index contributed by atoms with van der Waals surface area (Å²) < 4.78 is 33.5. The monoisotopic (exact) mass is 298 g/mol. The molecule has 0 aromatic carbocycles. The molecule has 18 heavy (non-hydrogen) atoms. The first-order valence-electron chi connectivity index (χ1n) is 6.32. The molecular weight excluding hydrogens is 276 g/mol. The molecule has 0 bridgehead atoms. The normalized spacial score (nSPS) is 24.1. The van der Waals surface area contributed by atoms with Gasteiger partial charge in [-0.1, -0.05) is 6.92 Å². The second-order valence-corrected chi connectivity index (χ2v) is 6.87. The molecule has 7 heteroatoms. The van der Waals surface area contributed by atoms with Crippen LogP contribution in [0.15, 0.2) is 0 Å². The van der Waals surface area contributed by atoms with Crippen LogP contribution < -0.4 is 4.72 Å². The summed E-state index contributed by atoms with van der Waals surface area (Å²) in [6.07, 6.45) is 2.60. The fourth-order valence-corrected chi connectivity index (χ4v) is 3.99. The van der Waals surface area contributed by atoms with Gasteiger partial charge in [0.15, 0.2) is 0 Å². The molecule has 1 N–H and O–H groups in total. The maximum atomic E-state index is 12.2. The molecular formula is C11H23ClN2O3S. The fraction of sp³-hybridized carbons (Fsp3) is 1.00. The van der Waals surface area contributed by atoms with Crippen molar-refractivity contribution >= 4 is 21.8 Å². The number of ether oxygens (including phenoxy) is 1. The molecule has 2 atom stereocenters. The molecule has 1 saturated heterocycles. The largest absolute Gasteiger partial charge is 0.385 e. The summed E-state index contributed by atoms with van der Waals surface area (Å²) in [6, 6.07) is -0.270. The zero-order valence-corrected chi connectivity index (χ0v) is 12.6. The third kappa shape index (κ3) is 5.01. The van der Waals surface area contributed by atoms with E-state index in [1.165, 1.54) is 4.31 Å². The topological polar surface area (TPSA) is 58.6 Å². The van der Waals surface area contributed by atoms with Crippen LogP contribution in [0.25, 0.3) is 0 Å². The van der Waals surface area contributed by atoms with E-state index in [0.717, 1.165) is 12.8 Å². The fourth-order valence-electron chi connectivity index (χ4n) is 2.08. The predicted molar refractivity (Wildman–Crippen MR) is 73.0 cm³/mol. The maximum Gasteiger partial charge on any atom is 0.279 e. The lowest BCUT2D eigenvalue weighted by Gasteiger charge is -2.31. The number of nitrogens with zero attached hydrogens (tertiary/aromatic N) is 1. The highest BCUT2D eigenvalue weighted by molar-refractivity contribution is 7.87. The van der Waals surface area contributed by atoms with Gasteiger partial charge >= 0.3 is 0 Å².